The third kappa shape index (κ3) is 9.49. The van der Waals surface area contributed by atoms with Crippen LogP contribution in [-0.4, -0.2) is 43.1 Å². The number of hydrogen-bond donors (Lipinski definition) is 0. The van der Waals surface area contributed by atoms with Gasteiger partial charge in [-0.2, -0.15) is 0 Å². The number of hydrogen-bond acceptors (Lipinski definition) is 6. The molecule has 6 nitrogen and oxygen atoms in total. The molecule has 0 aliphatic carbocycles. The highest BCUT2D eigenvalue weighted by Crippen LogP contribution is 2.07. The van der Waals surface area contributed by atoms with Crippen LogP contribution in [0.2, 0.25) is 0 Å². The van der Waals surface area contributed by atoms with Crippen molar-refractivity contribution in [3.05, 3.63) is 0 Å². The van der Waals surface area contributed by atoms with Crippen molar-refractivity contribution in [2.75, 3.05) is 7.11 Å². The lowest BCUT2D eigenvalue weighted by molar-refractivity contribution is -0.157. The summed E-state index contributed by atoms with van der Waals surface area (Å²) in [5.74, 6) is -0.950. The molecule has 0 saturated heterocycles. The van der Waals surface area contributed by atoms with Gasteiger partial charge in [-0.15, -0.1) is 0 Å². The van der Waals surface area contributed by atoms with Gasteiger partial charge in [0, 0.05) is 13.5 Å². The number of ketones is 1. The van der Waals surface area contributed by atoms with E-state index in [1.54, 1.807) is 20.8 Å². The number of esters is 2. The third-order valence-electron chi connectivity index (χ3n) is 2.55. The lowest BCUT2D eigenvalue weighted by Gasteiger charge is -2.16. The molecule has 3 atom stereocenters. The Labute approximate surface area is 119 Å². The van der Waals surface area contributed by atoms with Crippen molar-refractivity contribution < 1.29 is 28.6 Å². The molecule has 0 N–H and O–H groups in total. The largest absolute Gasteiger partial charge is 0.462 e. The van der Waals surface area contributed by atoms with E-state index in [0.717, 1.165) is 0 Å². The van der Waals surface area contributed by atoms with Gasteiger partial charge >= 0.3 is 11.9 Å². The van der Waals surface area contributed by atoms with E-state index in [1.807, 2.05) is 0 Å². The molecule has 0 aliphatic rings. The second kappa shape index (κ2) is 9.47. The van der Waals surface area contributed by atoms with Crippen LogP contribution in [0.1, 0.15) is 47.0 Å². The molecule has 3 unspecified atom stereocenters. The predicted octanol–water partition coefficient (Wildman–Crippen LogP) is 1.64. The van der Waals surface area contributed by atoms with Crippen molar-refractivity contribution in [2.24, 2.45) is 0 Å². The Balaban J connectivity index is 4.01. The van der Waals surface area contributed by atoms with Crippen LogP contribution in [0, 0.1) is 0 Å². The second-order valence-electron chi connectivity index (χ2n) is 4.96. The van der Waals surface area contributed by atoms with E-state index in [2.05, 4.69) is 0 Å². The van der Waals surface area contributed by atoms with Gasteiger partial charge in [-0.25, -0.2) is 0 Å². The topological polar surface area (TPSA) is 78.9 Å². The molecule has 116 valence electrons. The number of carbonyl (C=O) groups excluding carboxylic acids is 3. The van der Waals surface area contributed by atoms with Crippen molar-refractivity contribution in [3.63, 3.8) is 0 Å². The van der Waals surface area contributed by atoms with E-state index in [9.17, 15) is 14.4 Å². The summed E-state index contributed by atoms with van der Waals surface area (Å²) in [5.41, 5.74) is 0. The van der Waals surface area contributed by atoms with Gasteiger partial charge in [0.25, 0.3) is 0 Å². The van der Waals surface area contributed by atoms with Crippen molar-refractivity contribution in [3.8, 4) is 0 Å². The number of rotatable bonds is 9. The van der Waals surface area contributed by atoms with E-state index in [1.165, 1.54) is 14.0 Å². The Hall–Kier alpha value is -1.43. The smallest absolute Gasteiger partial charge is 0.309 e. The Morgan fingerprint density at radius 3 is 1.60 bits per heavy atom. The van der Waals surface area contributed by atoms with Crippen LogP contribution >= 0.6 is 0 Å². The molecule has 0 heterocycles. The number of Topliss-reactive ketones (excluding diaryl/α,β-unsaturated/α-hetero) is 1. The molecule has 0 aromatic carbocycles. The van der Waals surface area contributed by atoms with Crippen molar-refractivity contribution in [1.82, 2.24) is 0 Å². The lowest BCUT2D eigenvalue weighted by Crippen LogP contribution is -2.25. The van der Waals surface area contributed by atoms with Crippen molar-refractivity contribution >= 4 is 17.7 Å². The number of methoxy groups -OCH3 is 1. The first-order valence-electron chi connectivity index (χ1n) is 6.65. The molecule has 0 amide bonds. The summed E-state index contributed by atoms with van der Waals surface area (Å²) >= 11 is 0. The first kappa shape index (κ1) is 18.6. The normalized spacial score (nSPS) is 15.1. The molecule has 0 aliphatic heterocycles. The van der Waals surface area contributed by atoms with Gasteiger partial charge in [0.05, 0.1) is 18.9 Å². The Morgan fingerprint density at radius 1 is 0.800 bits per heavy atom. The zero-order valence-electron chi connectivity index (χ0n) is 12.8. The van der Waals surface area contributed by atoms with Crippen molar-refractivity contribution in [2.45, 2.75) is 65.3 Å². The molecule has 0 saturated carbocycles. The first-order valence-corrected chi connectivity index (χ1v) is 6.65. The van der Waals surface area contributed by atoms with Gasteiger partial charge in [0.15, 0.2) is 0 Å². The van der Waals surface area contributed by atoms with Gasteiger partial charge in [0.1, 0.15) is 18.0 Å². The zero-order valence-corrected chi connectivity index (χ0v) is 12.8. The molecule has 0 bridgehead atoms. The number of ether oxygens (including phenoxy) is 3. The first-order chi connectivity index (χ1) is 9.24. The maximum Gasteiger partial charge on any atom is 0.309 e. The molecule has 0 radical (unpaired) electrons. The van der Waals surface area contributed by atoms with Gasteiger partial charge in [-0.05, 0) is 27.7 Å². The van der Waals surface area contributed by atoms with Gasteiger partial charge < -0.3 is 14.2 Å². The molecule has 0 aromatic rings. The van der Waals surface area contributed by atoms with Crippen LogP contribution in [0.25, 0.3) is 0 Å². The lowest BCUT2D eigenvalue weighted by atomic mass is 10.2. The average molecular weight is 288 g/mol. The summed E-state index contributed by atoms with van der Waals surface area (Å²) in [4.78, 5) is 33.9. The summed E-state index contributed by atoms with van der Waals surface area (Å²) in [7, 11) is 1.51. The minimum Gasteiger partial charge on any atom is -0.462 e. The van der Waals surface area contributed by atoms with Crippen LogP contribution in [0.4, 0.5) is 0 Å². The summed E-state index contributed by atoms with van der Waals surface area (Å²) < 4.78 is 15.1. The molecule has 6 heteroatoms. The molecule has 0 fully saturated rings. The third-order valence-corrected chi connectivity index (χ3v) is 2.55. The predicted molar refractivity (Wildman–Crippen MR) is 72.1 cm³/mol. The van der Waals surface area contributed by atoms with Crippen LogP contribution in [0.3, 0.4) is 0 Å². The maximum atomic E-state index is 11.6. The molecule has 0 spiro atoms. The zero-order chi connectivity index (χ0) is 15.7. The van der Waals surface area contributed by atoms with E-state index in [4.69, 9.17) is 14.2 Å². The summed E-state index contributed by atoms with van der Waals surface area (Å²) in [5, 5.41) is 0. The fourth-order valence-electron chi connectivity index (χ4n) is 1.59. The van der Waals surface area contributed by atoms with Gasteiger partial charge in [-0.3, -0.25) is 14.4 Å². The summed E-state index contributed by atoms with van der Waals surface area (Å²) in [6, 6.07) is 0. The molecular formula is C14H24O6. The Kier molecular flexibility index (Phi) is 8.79. The second-order valence-corrected chi connectivity index (χ2v) is 4.96. The van der Waals surface area contributed by atoms with Crippen LogP contribution in [-0.2, 0) is 28.6 Å². The van der Waals surface area contributed by atoms with E-state index >= 15 is 0 Å². The van der Waals surface area contributed by atoms with Gasteiger partial charge in [-0.1, -0.05) is 0 Å². The Morgan fingerprint density at radius 2 is 1.20 bits per heavy atom. The van der Waals surface area contributed by atoms with E-state index in [0.29, 0.717) is 0 Å². The molecular weight excluding hydrogens is 264 g/mol. The van der Waals surface area contributed by atoms with Crippen molar-refractivity contribution in [1.29, 1.82) is 0 Å². The SMILES string of the molecule is COC(C)CC(=O)OC(C)CC(=O)OC(C)CC(C)=O. The highest BCUT2D eigenvalue weighted by molar-refractivity contribution is 5.77. The minimum absolute atomic E-state index is 0.0324. The minimum atomic E-state index is -0.566. The van der Waals surface area contributed by atoms with Crippen LogP contribution in [0.15, 0.2) is 0 Å². The molecule has 0 aromatic heterocycles. The quantitative estimate of drug-likeness (QED) is 0.600. The summed E-state index contributed by atoms with van der Waals surface area (Å²) in [6.45, 7) is 6.46. The fraction of sp³-hybridized carbons (Fsp3) is 0.786. The fourth-order valence-corrected chi connectivity index (χ4v) is 1.59. The van der Waals surface area contributed by atoms with E-state index in [-0.39, 0.29) is 31.1 Å². The highest BCUT2D eigenvalue weighted by atomic mass is 16.6. The highest BCUT2D eigenvalue weighted by Gasteiger charge is 2.18. The van der Waals surface area contributed by atoms with Crippen LogP contribution < -0.4 is 0 Å². The molecule has 20 heavy (non-hydrogen) atoms. The standard InChI is InChI=1S/C14H24O6/c1-9(15)6-11(3)19-14(17)8-12(4)20-13(16)7-10(2)18-5/h10-12H,6-8H2,1-5H3. The van der Waals surface area contributed by atoms with E-state index < -0.39 is 24.1 Å². The van der Waals surface area contributed by atoms with Gasteiger partial charge in [0.2, 0.25) is 0 Å². The average Bonchev–Trinajstić information content (AvgIpc) is 2.26. The monoisotopic (exact) mass is 288 g/mol. The summed E-state index contributed by atoms with van der Waals surface area (Å²) in [6.07, 6.45) is -0.964. The molecule has 0 rings (SSSR count). The maximum absolute atomic E-state index is 11.6. The number of carbonyl (C=O) groups is 3. The Bertz CT molecular complexity index is 339. The van der Waals surface area contributed by atoms with Crippen LogP contribution in [0.5, 0.6) is 0 Å².